The third kappa shape index (κ3) is 1.57. The van der Waals surface area contributed by atoms with Crippen LogP contribution in [0.4, 0.5) is 15.8 Å². The molecule has 96 valence electrons. The van der Waals surface area contributed by atoms with Crippen molar-refractivity contribution >= 4 is 17.3 Å². The van der Waals surface area contributed by atoms with Crippen molar-refractivity contribution in [3.8, 4) is 0 Å². The molecule has 0 radical (unpaired) electrons. The molecule has 0 unspecified atom stereocenters. The number of carbonyl (C=O) groups is 1. The van der Waals surface area contributed by atoms with Crippen LogP contribution in [0.3, 0.4) is 0 Å². The fourth-order valence-electron chi connectivity index (χ4n) is 2.44. The molecule has 0 aromatic heterocycles. The van der Waals surface area contributed by atoms with E-state index in [2.05, 4.69) is 0 Å². The van der Waals surface area contributed by atoms with Crippen molar-refractivity contribution in [3.63, 3.8) is 0 Å². The number of anilines is 2. The first kappa shape index (κ1) is 11.9. The van der Waals surface area contributed by atoms with E-state index in [-0.39, 0.29) is 11.6 Å². The molecule has 19 heavy (non-hydrogen) atoms. The van der Waals surface area contributed by atoms with Crippen LogP contribution in [0.25, 0.3) is 0 Å². The number of para-hydroxylation sites is 2. The Bertz CT molecular complexity index is 667. The van der Waals surface area contributed by atoms with Gasteiger partial charge in [0.25, 0.3) is 5.91 Å². The van der Waals surface area contributed by atoms with E-state index in [4.69, 9.17) is 5.73 Å². The molecule has 2 aromatic rings. The largest absolute Gasteiger partial charge is 0.314 e. The van der Waals surface area contributed by atoms with E-state index in [1.807, 2.05) is 6.07 Å². The quantitative estimate of drug-likeness (QED) is 0.852. The normalized spacial score (nSPS) is 21.6. The lowest BCUT2D eigenvalue weighted by molar-refractivity contribution is -0.121. The van der Waals surface area contributed by atoms with Gasteiger partial charge in [0.2, 0.25) is 0 Å². The van der Waals surface area contributed by atoms with Crippen LogP contribution in [-0.2, 0) is 10.3 Å². The zero-order valence-electron chi connectivity index (χ0n) is 10.4. The van der Waals surface area contributed by atoms with Gasteiger partial charge in [-0.15, -0.1) is 0 Å². The van der Waals surface area contributed by atoms with Gasteiger partial charge in [-0.3, -0.25) is 9.69 Å². The number of rotatable bonds is 1. The van der Waals surface area contributed by atoms with Crippen molar-refractivity contribution in [1.29, 1.82) is 0 Å². The molecule has 0 bridgehead atoms. The van der Waals surface area contributed by atoms with E-state index in [1.54, 1.807) is 43.3 Å². The van der Waals surface area contributed by atoms with Crippen LogP contribution in [0.15, 0.2) is 48.5 Å². The molecule has 1 aliphatic heterocycles. The SMILES string of the molecule is C[C@@]1(N)C(=O)N(c2ccccc2F)c2ccccc21. The average molecular weight is 256 g/mol. The highest BCUT2D eigenvalue weighted by atomic mass is 19.1. The standard InChI is InChI=1S/C15H13FN2O/c1-15(17)10-6-2-4-8-12(10)18(14(15)19)13-9-5-3-7-11(13)16/h2-9H,17H2,1H3/t15-/m0/s1. The number of fused-ring (bicyclic) bond motifs is 1. The van der Waals surface area contributed by atoms with E-state index in [9.17, 15) is 9.18 Å². The predicted octanol–water partition coefficient (Wildman–Crippen LogP) is 2.68. The predicted molar refractivity (Wildman–Crippen MR) is 71.5 cm³/mol. The maximum absolute atomic E-state index is 13.9. The molecule has 2 N–H and O–H groups in total. The van der Waals surface area contributed by atoms with Crippen molar-refractivity contribution < 1.29 is 9.18 Å². The molecule has 1 atom stereocenters. The van der Waals surface area contributed by atoms with Gasteiger partial charge in [0, 0.05) is 5.56 Å². The van der Waals surface area contributed by atoms with Gasteiger partial charge < -0.3 is 5.73 Å². The van der Waals surface area contributed by atoms with E-state index in [0.29, 0.717) is 11.3 Å². The zero-order valence-corrected chi connectivity index (χ0v) is 10.4. The van der Waals surface area contributed by atoms with Gasteiger partial charge in [-0.1, -0.05) is 30.3 Å². The second kappa shape index (κ2) is 3.90. The van der Waals surface area contributed by atoms with Crippen molar-refractivity contribution in [1.82, 2.24) is 0 Å². The average Bonchev–Trinajstić information content (AvgIpc) is 2.60. The molecule has 0 aliphatic carbocycles. The lowest BCUT2D eigenvalue weighted by Crippen LogP contribution is -2.43. The highest BCUT2D eigenvalue weighted by Crippen LogP contribution is 2.43. The number of hydrogen-bond acceptors (Lipinski definition) is 2. The first-order chi connectivity index (χ1) is 9.03. The molecule has 4 heteroatoms. The molecule has 0 saturated carbocycles. The Kier molecular flexibility index (Phi) is 2.43. The molecule has 0 fully saturated rings. The summed E-state index contributed by atoms with van der Waals surface area (Å²) in [5.41, 5.74) is 6.55. The summed E-state index contributed by atoms with van der Waals surface area (Å²) in [5.74, 6) is -0.762. The Hall–Kier alpha value is -2.20. The van der Waals surface area contributed by atoms with Crippen molar-refractivity contribution in [2.24, 2.45) is 5.73 Å². The molecule has 0 saturated heterocycles. The summed E-state index contributed by atoms with van der Waals surface area (Å²) in [7, 11) is 0. The molecule has 1 aliphatic rings. The molecule has 1 heterocycles. The monoisotopic (exact) mass is 256 g/mol. The number of nitrogens with two attached hydrogens (primary N) is 1. The molecule has 3 rings (SSSR count). The fraction of sp³-hybridized carbons (Fsp3) is 0.133. The molecular weight excluding hydrogens is 243 g/mol. The van der Waals surface area contributed by atoms with Crippen LogP contribution in [-0.4, -0.2) is 5.91 Å². The minimum absolute atomic E-state index is 0.231. The second-order valence-corrected chi connectivity index (χ2v) is 4.81. The number of nitrogens with zero attached hydrogens (tertiary/aromatic N) is 1. The van der Waals surface area contributed by atoms with Gasteiger partial charge in [0.05, 0.1) is 11.4 Å². The highest BCUT2D eigenvalue weighted by Gasteiger charge is 2.45. The summed E-state index contributed by atoms with van der Waals surface area (Å²) >= 11 is 0. The van der Waals surface area contributed by atoms with Crippen molar-refractivity contribution in [2.45, 2.75) is 12.5 Å². The molecule has 3 nitrogen and oxygen atoms in total. The third-order valence-electron chi connectivity index (χ3n) is 3.45. The number of benzene rings is 2. The van der Waals surface area contributed by atoms with Crippen LogP contribution in [0.2, 0.25) is 0 Å². The first-order valence-corrected chi connectivity index (χ1v) is 6.01. The summed E-state index contributed by atoms with van der Waals surface area (Å²) in [5, 5.41) is 0. The summed E-state index contributed by atoms with van der Waals surface area (Å²) in [6, 6.07) is 13.4. The minimum atomic E-state index is -1.13. The van der Waals surface area contributed by atoms with Gasteiger partial charge in [-0.05, 0) is 25.1 Å². The minimum Gasteiger partial charge on any atom is -0.314 e. The Morgan fingerprint density at radius 1 is 1.05 bits per heavy atom. The van der Waals surface area contributed by atoms with Crippen LogP contribution in [0.1, 0.15) is 12.5 Å². The van der Waals surface area contributed by atoms with E-state index in [1.165, 1.54) is 11.0 Å². The Balaban J connectivity index is 2.24. The molecule has 1 amide bonds. The van der Waals surface area contributed by atoms with Crippen LogP contribution in [0.5, 0.6) is 0 Å². The van der Waals surface area contributed by atoms with E-state index >= 15 is 0 Å². The molecule has 2 aromatic carbocycles. The van der Waals surface area contributed by atoms with Gasteiger partial charge in [0.15, 0.2) is 0 Å². The summed E-state index contributed by atoms with van der Waals surface area (Å²) in [6.45, 7) is 1.65. The van der Waals surface area contributed by atoms with Crippen LogP contribution >= 0.6 is 0 Å². The Morgan fingerprint density at radius 2 is 1.63 bits per heavy atom. The topological polar surface area (TPSA) is 46.3 Å². The number of halogens is 1. The van der Waals surface area contributed by atoms with Crippen LogP contribution in [0, 0.1) is 5.82 Å². The van der Waals surface area contributed by atoms with Gasteiger partial charge >= 0.3 is 0 Å². The van der Waals surface area contributed by atoms with E-state index < -0.39 is 11.4 Å². The maximum Gasteiger partial charge on any atom is 0.256 e. The third-order valence-corrected chi connectivity index (χ3v) is 3.45. The molecule has 0 spiro atoms. The van der Waals surface area contributed by atoms with Crippen molar-refractivity contribution in [2.75, 3.05) is 4.90 Å². The van der Waals surface area contributed by atoms with E-state index in [0.717, 1.165) is 0 Å². The number of carbonyl (C=O) groups excluding carboxylic acids is 1. The first-order valence-electron chi connectivity index (χ1n) is 6.01. The smallest absolute Gasteiger partial charge is 0.256 e. The van der Waals surface area contributed by atoms with Crippen LogP contribution < -0.4 is 10.6 Å². The fourth-order valence-corrected chi connectivity index (χ4v) is 2.44. The maximum atomic E-state index is 13.9. The lowest BCUT2D eigenvalue weighted by atomic mass is 9.95. The number of hydrogen-bond donors (Lipinski definition) is 1. The Labute approximate surface area is 110 Å². The van der Waals surface area contributed by atoms with Gasteiger partial charge in [-0.25, -0.2) is 4.39 Å². The summed E-state index contributed by atoms with van der Waals surface area (Å²) in [6.07, 6.45) is 0. The summed E-state index contributed by atoms with van der Waals surface area (Å²) < 4.78 is 13.9. The summed E-state index contributed by atoms with van der Waals surface area (Å²) in [4.78, 5) is 13.8. The lowest BCUT2D eigenvalue weighted by Gasteiger charge is -2.20. The zero-order chi connectivity index (χ0) is 13.6. The highest BCUT2D eigenvalue weighted by molar-refractivity contribution is 6.12. The number of amides is 1. The van der Waals surface area contributed by atoms with Gasteiger partial charge in [-0.2, -0.15) is 0 Å². The van der Waals surface area contributed by atoms with Gasteiger partial charge in [0.1, 0.15) is 11.4 Å². The Morgan fingerprint density at radius 3 is 2.32 bits per heavy atom. The van der Waals surface area contributed by atoms with Crippen molar-refractivity contribution in [3.05, 3.63) is 59.9 Å². The second-order valence-electron chi connectivity index (χ2n) is 4.81. The molecular formula is C15H13FN2O.